The van der Waals surface area contributed by atoms with Crippen molar-refractivity contribution >= 4 is 11.9 Å². The fourth-order valence-electron chi connectivity index (χ4n) is 1.35. The number of carbonyl (C=O) groups excluding carboxylic acids is 1. The van der Waals surface area contributed by atoms with Crippen LogP contribution in [0.3, 0.4) is 0 Å². The molecule has 6 nitrogen and oxygen atoms in total. The summed E-state index contributed by atoms with van der Waals surface area (Å²) in [7, 11) is 0. The normalized spacial score (nSPS) is 16.8. The van der Waals surface area contributed by atoms with Gasteiger partial charge in [-0.15, -0.1) is 0 Å². The van der Waals surface area contributed by atoms with E-state index in [4.69, 9.17) is 14.7 Å². The maximum Gasteiger partial charge on any atom is 0.490 e. The number of hydroxylamine groups is 1. The van der Waals surface area contributed by atoms with Gasteiger partial charge in [-0.25, -0.2) is 10.3 Å². The summed E-state index contributed by atoms with van der Waals surface area (Å²) < 4.78 is 31.7. The van der Waals surface area contributed by atoms with Crippen LogP contribution in [0.4, 0.5) is 13.2 Å². The second-order valence-electron chi connectivity index (χ2n) is 4.34. The molecule has 1 aromatic carbocycles. The Labute approximate surface area is 124 Å². The standard InChI is InChI=1S/C11H14N2O2.C2HF3O2/c14-11(10-6-7-12-10)13-15-8-9-4-2-1-3-5-9;3-2(4,5)1(6)7/h1-5,10,12H,6-8H2,(H,13,14);(H,6,7)/t10-;/m1./s1. The summed E-state index contributed by atoms with van der Waals surface area (Å²) in [6.45, 7) is 1.32. The van der Waals surface area contributed by atoms with Crippen LogP contribution in [0.5, 0.6) is 0 Å². The Kier molecular flexibility index (Phi) is 6.80. The molecule has 0 bridgehead atoms. The lowest BCUT2D eigenvalue weighted by Gasteiger charge is -2.25. The Morgan fingerprint density at radius 2 is 1.86 bits per heavy atom. The first-order valence-corrected chi connectivity index (χ1v) is 6.29. The van der Waals surface area contributed by atoms with Crippen molar-refractivity contribution < 1.29 is 32.7 Å². The molecule has 3 N–H and O–H groups in total. The third-order valence-corrected chi connectivity index (χ3v) is 2.64. The Balaban J connectivity index is 0.000000295. The number of amides is 1. The SMILES string of the molecule is O=C(NOCc1ccccc1)[C@H]1CCN1.O=C(O)C(F)(F)F. The molecule has 0 spiro atoms. The van der Waals surface area contributed by atoms with E-state index in [1.807, 2.05) is 30.3 Å². The minimum Gasteiger partial charge on any atom is -0.475 e. The van der Waals surface area contributed by atoms with Crippen molar-refractivity contribution in [3.63, 3.8) is 0 Å². The van der Waals surface area contributed by atoms with Gasteiger partial charge < -0.3 is 10.4 Å². The molecule has 1 aliphatic heterocycles. The second kappa shape index (κ2) is 8.35. The number of nitrogens with one attached hydrogen (secondary N) is 2. The molecule has 0 aliphatic carbocycles. The molecule has 122 valence electrons. The fraction of sp³-hybridized carbons (Fsp3) is 0.385. The van der Waals surface area contributed by atoms with Crippen LogP contribution in [0.2, 0.25) is 0 Å². The molecule has 2 rings (SSSR count). The van der Waals surface area contributed by atoms with Crippen molar-refractivity contribution in [2.45, 2.75) is 25.2 Å². The van der Waals surface area contributed by atoms with Gasteiger partial charge >= 0.3 is 12.1 Å². The Morgan fingerprint density at radius 1 is 1.32 bits per heavy atom. The first kappa shape index (κ1) is 17.9. The number of hydrogen-bond acceptors (Lipinski definition) is 4. The third-order valence-electron chi connectivity index (χ3n) is 2.64. The smallest absolute Gasteiger partial charge is 0.475 e. The molecule has 1 aliphatic rings. The minimum absolute atomic E-state index is 0.0687. The summed E-state index contributed by atoms with van der Waals surface area (Å²) in [6, 6.07) is 9.66. The molecular formula is C13H15F3N2O4. The summed E-state index contributed by atoms with van der Waals surface area (Å²) in [4.78, 5) is 25.3. The van der Waals surface area contributed by atoms with Gasteiger partial charge in [0.05, 0.1) is 12.6 Å². The fourth-order valence-corrected chi connectivity index (χ4v) is 1.35. The molecule has 1 heterocycles. The van der Waals surface area contributed by atoms with Gasteiger partial charge in [-0.2, -0.15) is 13.2 Å². The maximum atomic E-state index is 11.3. The highest BCUT2D eigenvalue weighted by Crippen LogP contribution is 2.13. The monoisotopic (exact) mass is 320 g/mol. The summed E-state index contributed by atoms with van der Waals surface area (Å²) >= 11 is 0. The molecule has 9 heteroatoms. The highest BCUT2D eigenvalue weighted by molar-refractivity contribution is 5.81. The number of halogens is 3. The van der Waals surface area contributed by atoms with Gasteiger partial charge in [0.1, 0.15) is 0 Å². The van der Waals surface area contributed by atoms with Gasteiger partial charge in [0.2, 0.25) is 0 Å². The predicted molar refractivity (Wildman–Crippen MR) is 69.5 cm³/mol. The summed E-state index contributed by atoms with van der Waals surface area (Å²) in [5, 5.41) is 10.1. The summed E-state index contributed by atoms with van der Waals surface area (Å²) in [5.41, 5.74) is 3.47. The Morgan fingerprint density at radius 3 is 2.27 bits per heavy atom. The van der Waals surface area contributed by atoms with Gasteiger partial charge in [-0.1, -0.05) is 30.3 Å². The summed E-state index contributed by atoms with van der Waals surface area (Å²) in [5.74, 6) is -2.84. The van der Waals surface area contributed by atoms with E-state index in [0.717, 1.165) is 18.5 Å². The van der Waals surface area contributed by atoms with Crippen LogP contribution in [0.15, 0.2) is 30.3 Å². The lowest BCUT2D eigenvalue weighted by atomic mass is 10.1. The topological polar surface area (TPSA) is 87.7 Å². The molecule has 0 radical (unpaired) electrons. The van der Waals surface area contributed by atoms with E-state index in [1.165, 1.54) is 0 Å². The van der Waals surface area contributed by atoms with Crippen molar-refractivity contribution in [3.8, 4) is 0 Å². The second-order valence-corrected chi connectivity index (χ2v) is 4.34. The molecule has 1 fully saturated rings. The zero-order valence-electron chi connectivity index (χ0n) is 11.4. The number of benzene rings is 1. The van der Waals surface area contributed by atoms with E-state index in [2.05, 4.69) is 10.8 Å². The lowest BCUT2D eigenvalue weighted by Crippen LogP contribution is -2.53. The number of hydrogen-bond donors (Lipinski definition) is 3. The number of carboxylic acid groups (broad SMARTS) is 1. The van der Waals surface area contributed by atoms with Crippen molar-refractivity contribution in [2.24, 2.45) is 0 Å². The van der Waals surface area contributed by atoms with E-state index in [0.29, 0.717) is 6.61 Å². The zero-order valence-corrected chi connectivity index (χ0v) is 11.4. The van der Waals surface area contributed by atoms with E-state index < -0.39 is 12.1 Å². The van der Waals surface area contributed by atoms with Gasteiger partial charge in [-0.05, 0) is 18.5 Å². The van der Waals surface area contributed by atoms with Gasteiger partial charge in [0, 0.05) is 0 Å². The number of rotatable bonds is 4. The van der Waals surface area contributed by atoms with E-state index in [1.54, 1.807) is 0 Å². The molecule has 0 unspecified atom stereocenters. The average Bonchev–Trinajstić information content (AvgIpc) is 2.37. The van der Waals surface area contributed by atoms with Crippen LogP contribution >= 0.6 is 0 Å². The minimum atomic E-state index is -5.08. The number of alkyl halides is 3. The zero-order chi connectivity index (χ0) is 16.6. The first-order chi connectivity index (χ1) is 10.3. The molecule has 0 saturated carbocycles. The predicted octanol–water partition coefficient (Wildman–Crippen LogP) is 1.23. The van der Waals surface area contributed by atoms with E-state index >= 15 is 0 Å². The maximum absolute atomic E-state index is 11.3. The van der Waals surface area contributed by atoms with Crippen LogP contribution < -0.4 is 10.8 Å². The quantitative estimate of drug-likeness (QED) is 0.726. The summed E-state index contributed by atoms with van der Waals surface area (Å²) in [6.07, 6.45) is -4.19. The number of aliphatic carboxylic acids is 1. The van der Waals surface area contributed by atoms with E-state index in [9.17, 15) is 18.0 Å². The lowest BCUT2D eigenvalue weighted by molar-refractivity contribution is -0.192. The van der Waals surface area contributed by atoms with Crippen molar-refractivity contribution in [1.82, 2.24) is 10.8 Å². The van der Waals surface area contributed by atoms with Crippen molar-refractivity contribution in [2.75, 3.05) is 6.54 Å². The highest BCUT2D eigenvalue weighted by Gasteiger charge is 2.38. The van der Waals surface area contributed by atoms with Crippen molar-refractivity contribution in [1.29, 1.82) is 0 Å². The molecular weight excluding hydrogens is 305 g/mol. The number of carbonyl (C=O) groups is 2. The van der Waals surface area contributed by atoms with Gasteiger partial charge in [0.15, 0.2) is 0 Å². The largest absolute Gasteiger partial charge is 0.490 e. The highest BCUT2D eigenvalue weighted by atomic mass is 19.4. The van der Waals surface area contributed by atoms with Gasteiger partial charge in [0.25, 0.3) is 5.91 Å². The Bertz CT molecular complexity index is 490. The third kappa shape index (κ3) is 6.55. The number of carboxylic acids is 1. The molecule has 1 saturated heterocycles. The van der Waals surface area contributed by atoms with Crippen LogP contribution in [-0.4, -0.2) is 35.7 Å². The molecule has 0 aromatic heterocycles. The molecule has 1 aromatic rings. The van der Waals surface area contributed by atoms with Crippen molar-refractivity contribution in [3.05, 3.63) is 35.9 Å². The molecule has 1 amide bonds. The molecule has 1 atom stereocenters. The van der Waals surface area contributed by atoms with Crippen LogP contribution in [0.1, 0.15) is 12.0 Å². The van der Waals surface area contributed by atoms with Crippen LogP contribution in [-0.2, 0) is 21.0 Å². The van der Waals surface area contributed by atoms with Crippen LogP contribution in [0, 0.1) is 0 Å². The van der Waals surface area contributed by atoms with Crippen LogP contribution in [0.25, 0.3) is 0 Å². The molecule has 22 heavy (non-hydrogen) atoms. The van der Waals surface area contributed by atoms with E-state index in [-0.39, 0.29) is 11.9 Å². The Hall–Kier alpha value is -2.13. The first-order valence-electron chi connectivity index (χ1n) is 6.29. The average molecular weight is 320 g/mol. The van der Waals surface area contributed by atoms with Gasteiger partial charge in [-0.3, -0.25) is 9.63 Å².